The van der Waals surface area contributed by atoms with Crippen molar-refractivity contribution in [1.82, 2.24) is 25.3 Å². The van der Waals surface area contributed by atoms with Crippen molar-refractivity contribution in [2.24, 2.45) is 0 Å². The van der Waals surface area contributed by atoms with Crippen LogP contribution in [0.4, 0.5) is 14.9 Å². The van der Waals surface area contributed by atoms with Crippen LogP contribution in [-0.2, 0) is 13.0 Å². The molecule has 0 bridgehead atoms. The van der Waals surface area contributed by atoms with Gasteiger partial charge in [-0.25, -0.2) is 13.9 Å². The van der Waals surface area contributed by atoms with E-state index in [4.69, 9.17) is 0 Å². The van der Waals surface area contributed by atoms with Crippen LogP contribution in [0.2, 0.25) is 0 Å². The Bertz CT molecular complexity index is 827. The second-order valence-electron chi connectivity index (χ2n) is 5.16. The smallest absolute Gasteiger partial charge is 0.319 e. The van der Waals surface area contributed by atoms with Gasteiger partial charge in [-0.3, -0.25) is 5.10 Å². The molecule has 3 rings (SSSR count). The second kappa shape index (κ2) is 6.95. The SMILES string of the molecule is CCc1cc(CNC(=O)Nc2cc(F)ccc2-n2cccn2)[nH]n1. The van der Waals surface area contributed by atoms with Gasteiger partial charge in [0.2, 0.25) is 0 Å². The van der Waals surface area contributed by atoms with Crippen molar-refractivity contribution in [2.75, 3.05) is 5.32 Å². The summed E-state index contributed by atoms with van der Waals surface area (Å²) in [5.41, 5.74) is 2.63. The van der Waals surface area contributed by atoms with E-state index in [-0.39, 0.29) is 0 Å². The number of aryl methyl sites for hydroxylation is 1. The second-order valence-corrected chi connectivity index (χ2v) is 5.16. The fourth-order valence-electron chi connectivity index (χ4n) is 2.24. The highest BCUT2D eigenvalue weighted by atomic mass is 19.1. The van der Waals surface area contributed by atoms with Crippen LogP contribution in [0.3, 0.4) is 0 Å². The Hall–Kier alpha value is -3.16. The Morgan fingerprint density at radius 1 is 1.38 bits per heavy atom. The van der Waals surface area contributed by atoms with Gasteiger partial charge >= 0.3 is 6.03 Å². The first-order valence-electron chi connectivity index (χ1n) is 7.53. The van der Waals surface area contributed by atoms with Gasteiger partial charge in [0.05, 0.1) is 29.3 Å². The number of nitrogens with zero attached hydrogens (tertiary/aromatic N) is 3. The Labute approximate surface area is 137 Å². The number of rotatable bonds is 5. The number of H-pyrrole nitrogens is 1. The number of aromatic nitrogens is 4. The molecule has 0 fully saturated rings. The third-order valence-electron chi connectivity index (χ3n) is 3.44. The van der Waals surface area contributed by atoms with Gasteiger partial charge in [0.15, 0.2) is 0 Å². The van der Waals surface area contributed by atoms with Crippen molar-refractivity contribution < 1.29 is 9.18 Å². The largest absolute Gasteiger partial charge is 0.332 e. The van der Waals surface area contributed by atoms with E-state index in [1.54, 1.807) is 29.2 Å². The molecule has 3 N–H and O–H groups in total. The van der Waals surface area contributed by atoms with E-state index in [0.29, 0.717) is 17.9 Å². The maximum atomic E-state index is 13.5. The van der Waals surface area contributed by atoms with Gasteiger partial charge in [-0.1, -0.05) is 6.92 Å². The third-order valence-corrected chi connectivity index (χ3v) is 3.44. The fourth-order valence-corrected chi connectivity index (χ4v) is 2.24. The predicted octanol–water partition coefficient (Wildman–Crippen LogP) is 2.62. The van der Waals surface area contributed by atoms with Crippen molar-refractivity contribution in [3.63, 3.8) is 0 Å². The van der Waals surface area contributed by atoms with Gasteiger partial charge < -0.3 is 10.6 Å². The molecule has 0 aliphatic heterocycles. The van der Waals surface area contributed by atoms with Crippen LogP contribution < -0.4 is 10.6 Å². The molecule has 2 amide bonds. The minimum absolute atomic E-state index is 0.297. The lowest BCUT2D eigenvalue weighted by atomic mass is 10.2. The molecule has 8 heteroatoms. The quantitative estimate of drug-likeness (QED) is 0.673. The van der Waals surface area contributed by atoms with Crippen LogP contribution in [0.15, 0.2) is 42.7 Å². The number of carbonyl (C=O) groups excluding carboxylic acids is 1. The first kappa shape index (κ1) is 15.7. The normalized spacial score (nSPS) is 10.6. The van der Waals surface area contributed by atoms with Crippen molar-refractivity contribution in [1.29, 1.82) is 0 Å². The van der Waals surface area contributed by atoms with E-state index in [9.17, 15) is 9.18 Å². The number of carbonyl (C=O) groups is 1. The zero-order valence-electron chi connectivity index (χ0n) is 13.1. The topological polar surface area (TPSA) is 87.6 Å². The summed E-state index contributed by atoms with van der Waals surface area (Å²) in [6.07, 6.45) is 4.14. The lowest BCUT2D eigenvalue weighted by Gasteiger charge is -2.12. The molecule has 0 saturated heterocycles. The number of hydrogen-bond donors (Lipinski definition) is 3. The zero-order chi connectivity index (χ0) is 16.9. The van der Waals surface area contributed by atoms with Crippen LogP contribution in [0, 0.1) is 5.82 Å². The average molecular weight is 328 g/mol. The highest BCUT2D eigenvalue weighted by Crippen LogP contribution is 2.20. The Balaban J connectivity index is 1.68. The standard InChI is InChI=1S/C16H17FN6O/c1-2-12-9-13(22-21-12)10-18-16(24)20-14-8-11(17)4-5-15(14)23-7-3-6-19-23/h3-9H,2,10H2,1H3,(H,21,22)(H2,18,20,24). The number of benzene rings is 1. The van der Waals surface area contributed by atoms with Crippen LogP contribution in [0.25, 0.3) is 5.69 Å². The molecular weight excluding hydrogens is 311 g/mol. The molecule has 7 nitrogen and oxygen atoms in total. The summed E-state index contributed by atoms with van der Waals surface area (Å²) >= 11 is 0. The summed E-state index contributed by atoms with van der Waals surface area (Å²) in [4.78, 5) is 12.1. The average Bonchev–Trinajstić information content (AvgIpc) is 3.24. The Kier molecular flexibility index (Phi) is 4.55. The number of halogens is 1. The zero-order valence-corrected chi connectivity index (χ0v) is 13.1. The van der Waals surface area contributed by atoms with Crippen LogP contribution in [-0.4, -0.2) is 26.0 Å². The van der Waals surface area contributed by atoms with Crippen molar-refractivity contribution >= 4 is 11.7 Å². The van der Waals surface area contributed by atoms with Crippen LogP contribution in [0.5, 0.6) is 0 Å². The molecule has 1 aromatic carbocycles. The van der Waals surface area contributed by atoms with Gasteiger partial charge in [-0.05, 0) is 36.8 Å². The highest BCUT2D eigenvalue weighted by Gasteiger charge is 2.10. The molecular formula is C16H17FN6O. The van der Waals surface area contributed by atoms with E-state index >= 15 is 0 Å². The molecule has 0 spiro atoms. The minimum atomic E-state index is -0.443. The first-order valence-corrected chi connectivity index (χ1v) is 7.53. The Morgan fingerprint density at radius 2 is 2.25 bits per heavy atom. The van der Waals surface area contributed by atoms with Crippen molar-refractivity contribution in [3.8, 4) is 5.69 Å². The van der Waals surface area contributed by atoms with Crippen LogP contribution in [0.1, 0.15) is 18.3 Å². The molecule has 0 saturated carbocycles. The molecule has 24 heavy (non-hydrogen) atoms. The lowest BCUT2D eigenvalue weighted by Crippen LogP contribution is -2.28. The summed E-state index contributed by atoms with van der Waals surface area (Å²) in [5.74, 6) is -0.442. The molecule has 124 valence electrons. The maximum absolute atomic E-state index is 13.5. The highest BCUT2D eigenvalue weighted by molar-refractivity contribution is 5.91. The van der Waals surface area contributed by atoms with Gasteiger partial charge in [-0.2, -0.15) is 10.2 Å². The number of amides is 2. The number of hydrogen-bond acceptors (Lipinski definition) is 3. The minimum Gasteiger partial charge on any atom is -0.332 e. The first-order chi connectivity index (χ1) is 11.7. The van der Waals surface area contributed by atoms with Crippen molar-refractivity contribution in [3.05, 3.63) is 59.9 Å². The van der Waals surface area contributed by atoms with E-state index < -0.39 is 11.8 Å². The summed E-state index contributed by atoms with van der Waals surface area (Å²) < 4.78 is 15.1. The number of nitrogens with one attached hydrogen (secondary N) is 3. The van der Waals surface area contributed by atoms with Gasteiger partial charge in [0.25, 0.3) is 0 Å². The van der Waals surface area contributed by atoms with Crippen LogP contribution >= 0.6 is 0 Å². The molecule has 0 unspecified atom stereocenters. The van der Waals surface area contributed by atoms with E-state index in [1.165, 1.54) is 12.1 Å². The summed E-state index contributed by atoms with van der Waals surface area (Å²) in [6.45, 7) is 2.30. The summed E-state index contributed by atoms with van der Waals surface area (Å²) in [5, 5.41) is 16.4. The predicted molar refractivity (Wildman–Crippen MR) is 87.3 cm³/mol. The maximum Gasteiger partial charge on any atom is 0.319 e. The monoisotopic (exact) mass is 328 g/mol. The Morgan fingerprint density at radius 3 is 2.96 bits per heavy atom. The van der Waals surface area contributed by atoms with Gasteiger partial charge in [-0.15, -0.1) is 0 Å². The van der Waals surface area contributed by atoms with Gasteiger partial charge in [0, 0.05) is 12.4 Å². The molecule has 3 aromatic rings. The molecule has 0 aliphatic carbocycles. The number of urea groups is 1. The summed E-state index contributed by atoms with van der Waals surface area (Å²) in [7, 11) is 0. The fraction of sp³-hybridized carbons (Fsp3) is 0.188. The van der Waals surface area contributed by atoms with E-state index in [1.807, 2.05) is 13.0 Å². The van der Waals surface area contributed by atoms with E-state index in [2.05, 4.69) is 25.9 Å². The number of aromatic amines is 1. The molecule has 2 heterocycles. The molecule has 0 atom stereocenters. The molecule has 0 aliphatic rings. The summed E-state index contributed by atoms with van der Waals surface area (Å²) in [6, 6.07) is 7.31. The van der Waals surface area contributed by atoms with Gasteiger partial charge in [0.1, 0.15) is 5.82 Å². The number of anilines is 1. The molecule has 0 radical (unpaired) electrons. The lowest BCUT2D eigenvalue weighted by molar-refractivity contribution is 0.251. The van der Waals surface area contributed by atoms with Crippen molar-refractivity contribution in [2.45, 2.75) is 19.9 Å². The van der Waals surface area contributed by atoms with E-state index in [0.717, 1.165) is 17.8 Å². The third kappa shape index (κ3) is 3.60. The molecule has 2 aromatic heterocycles.